The Morgan fingerprint density at radius 2 is 2.25 bits per heavy atom. The van der Waals surface area contributed by atoms with E-state index >= 15 is 0 Å². The molecule has 0 bridgehead atoms. The molecule has 0 saturated heterocycles. The van der Waals surface area contributed by atoms with Crippen molar-refractivity contribution in [1.82, 2.24) is 20.2 Å². The van der Waals surface area contributed by atoms with Gasteiger partial charge in [0.25, 0.3) is 0 Å². The molecule has 0 amide bonds. The molecular formula is C10H12ClN5. The van der Waals surface area contributed by atoms with E-state index in [9.17, 15) is 0 Å². The van der Waals surface area contributed by atoms with Gasteiger partial charge in [-0.25, -0.2) is 4.68 Å². The fourth-order valence-electron chi connectivity index (χ4n) is 1.44. The molecule has 6 heteroatoms. The second-order valence-corrected chi connectivity index (χ2v) is 3.87. The summed E-state index contributed by atoms with van der Waals surface area (Å²) in [5.41, 5.74) is 7.08. The summed E-state index contributed by atoms with van der Waals surface area (Å²) < 4.78 is 1.75. The summed E-state index contributed by atoms with van der Waals surface area (Å²) in [6.07, 6.45) is 0.973. The van der Waals surface area contributed by atoms with Gasteiger partial charge in [-0.2, -0.15) is 0 Å². The standard InChI is InChI=1S/C10H12ClN5/c1-2-5-16-10(13-14-15-16)7-3-4-9(12)8(11)6-7/h3-4,6H,2,5,12H2,1H3. The van der Waals surface area contributed by atoms with E-state index in [-0.39, 0.29) is 0 Å². The summed E-state index contributed by atoms with van der Waals surface area (Å²) in [5, 5.41) is 12.1. The molecule has 1 aromatic heterocycles. The lowest BCUT2D eigenvalue weighted by Gasteiger charge is -2.04. The maximum Gasteiger partial charge on any atom is 0.182 e. The van der Waals surface area contributed by atoms with Crippen molar-refractivity contribution in [3.8, 4) is 11.4 Å². The summed E-state index contributed by atoms with van der Waals surface area (Å²) in [4.78, 5) is 0. The molecule has 0 radical (unpaired) electrons. The predicted molar refractivity (Wildman–Crippen MR) is 63.0 cm³/mol. The largest absolute Gasteiger partial charge is 0.398 e. The molecule has 84 valence electrons. The van der Waals surface area contributed by atoms with Gasteiger partial charge in [-0.3, -0.25) is 0 Å². The zero-order chi connectivity index (χ0) is 11.5. The zero-order valence-electron chi connectivity index (χ0n) is 8.89. The highest BCUT2D eigenvalue weighted by Crippen LogP contribution is 2.25. The molecule has 5 nitrogen and oxygen atoms in total. The second kappa shape index (κ2) is 4.49. The van der Waals surface area contributed by atoms with Crippen molar-refractivity contribution in [2.24, 2.45) is 0 Å². The lowest BCUT2D eigenvalue weighted by Crippen LogP contribution is -2.02. The minimum absolute atomic E-state index is 0.517. The van der Waals surface area contributed by atoms with Crippen LogP contribution in [0, 0.1) is 0 Å². The van der Waals surface area contributed by atoms with Crippen LogP contribution < -0.4 is 5.73 Å². The number of nitrogen functional groups attached to an aromatic ring is 1. The van der Waals surface area contributed by atoms with E-state index in [0.717, 1.165) is 18.5 Å². The van der Waals surface area contributed by atoms with Gasteiger partial charge in [0.15, 0.2) is 5.82 Å². The van der Waals surface area contributed by atoms with Crippen LogP contribution in [-0.4, -0.2) is 20.2 Å². The van der Waals surface area contributed by atoms with Crippen molar-refractivity contribution in [3.63, 3.8) is 0 Å². The van der Waals surface area contributed by atoms with Gasteiger partial charge in [-0.1, -0.05) is 18.5 Å². The molecule has 0 atom stereocenters. The number of rotatable bonds is 3. The van der Waals surface area contributed by atoms with Crippen LogP contribution in [0.15, 0.2) is 18.2 Å². The Morgan fingerprint density at radius 1 is 1.44 bits per heavy atom. The molecule has 0 aliphatic heterocycles. The molecule has 0 unspecified atom stereocenters. The first-order valence-corrected chi connectivity index (χ1v) is 5.41. The third-order valence-electron chi connectivity index (χ3n) is 2.23. The average Bonchev–Trinajstić information content (AvgIpc) is 2.71. The molecule has 16 heavy (non-hydrogen) atoms. The quantitative estimate of drug-likeness (QED) is 0.829. The maximum absolute atomic E-state index is 5.96. The number of hydrogen-bond acceptors (Lipinski definition) is 4. The molecule has 1 heterocycles. The summed E-state index contributed by atoms with van der Waals surface area (Å²) in [6.45, 7) is 2.85. The van der Waals surface area contributed by atoms with Crippen molar-refractivity contribution in [2.45, 2.75) is 19.9 Å². The van der Waals surface area contributed by atoms with Gasteiger partial charge in [-0.15, -0.1) is 5.10 Å². The Morgan fingerprint density at radius 3 is 2.94 bits per heavy atom. The molecule has 1 aromatic carbocycles. The number of benzene rings is 1. The number of tetrazole rings is 1. The first-order valence-electron chi connectivity index (χ1n) is 5.04. The number of nitrogens with two attached hydrogens (primary N) is 1. The molecule has 0 aliphatic rings. The first-order chi connectivity index (χ1) is 7.72. The lowest BCUT2D eigenvalue weighted by atomic mass is 10.2. The van der Waals surface area contributed by atoms with Gasteiger partial charge in [0.2, 0.25) is 0 Å². The van der Waals surface area contributed by atoms with Crippen LogP contribution in [0.3, 0.4) is 0 Å². The molecule has 0 fully saturated rings. The molecule has 0 spiro atoms. The Labute approximate surface area is 98.2 Å². The van der Waals surface area contributed by atoms with Crippen molar-refractivity contribution >= 4 is 17.3 Å². The van der Waals surface area contributed by atoms with Crippen molar-refractivity contribution in [2.75, 3.05) is 5.73 Å². The lowest BCUT2D eigenvalue weighted by molar-refractivity contribution is 0.583. The summed E-state index contributed by atoms with van der Waals surface area (Å²) in [7, 11) is 0. The fraction of sp³-hybridized carbons (Fsp3) is 0.300. The fourth-order valence-corrected chi connectivity index (χ4v) is 1.62. The summed E-state index contributed by atoms with van der Waals surface area (Å²) >= 11 is 5.96. The van der Waals surface area contributed by atoms with Crippen LogP contribution in [0.4, 0.5) is 5.69 Å². The normalized spacial score (nSPS) is 10.6. The highest BCUT2D eigenvalue weighted by molar-refractivity contribution is 6.33. The van der Waals surface area contributed by atoms with E-state index in [1.54, 1.807) is 16.8 Å². The van der Waals surface area contributed by atoms with Crippen LogP contribution in [0.25, 0.3) is 11.4 Å². The molecule has 0 saturated carbocycles. The average molecular weight is 238 g/mol. The molecule has 0 aliphatic carbocycles. The van der Waals surface area contributed by atoms with Crippen LogP contribution in [-0.2, 0) is 6.54 Å². The van der Waals surface area contributed by atoms with Gasteiger partial charge < -0.3 is 5.73 Å². The SMILES string of the molecule is CCCn1nnnc1-c1ccc(N)c(Cl)c1. The minimum atomic E-state index is 0.517. The van der Waals surface area contributed by atoms with Gasteiger partial charge in [0.05, 0.1) is 10.7 Å². The molecule has 2 aromatic rings. The number of halogens is 1. The van der Waals surface area contributed by atoms with Gasteiger partial charge in [0, 0.05) is 12.1 Å². The van der Waals surface area contributed by atoms with Crippen LogP contribution >= 0.6 is 11.6 Å². The first kappa shape index (κ1) is 10.9. The number of aromatic nitrogens is 4. The summed E-state index contributed by atoms with van der Waals surface area (Å²) in [6, 6.07) is 5.39. The Bertz CT molecular complexity index is 494. The van der Waals surface area contributed by atoms with E-state index in [4.69, 9.17) is 17.3 Å². The third kappa shape index (κ3) is 1.99. The van der Waals surface area contributed by atoms with E-state index in [1.165, 1.54) is 0 Å². The van der Waals surface area contributed by atoms with Gasteiger partial charge in [0.1, 0.15) is 0 Å². The second-order valence-electron chi connectivity index (χ2n) is 3.46. The Hall–Kier alpha value is -1.62. The van der Waals surface area contributed by atoms with Crippen LogP contribution in [0.1, 0.15) is 13.3 Å². The summed E-state index contributed by atoms with van der Waals surface area (Å²) in [5.74, 6) is 0.712. The van der Waals surface area contributed by atoms with Crippen molar-refractivity contribution in [1.29, 1.82) is 0 Å². The number of anilines is 1. The maximum atomic E-state index is 5.96. The van der Waals surface area contributed by atoms with Gasteiger partial charge in [-0.05, 0) is 35.0 Å². The van der Waals surface area contributed by atoms with Crippen LogP contribution in [0.2, 0.25) is 5.02 Å². The Balaban J connectivity index is 2.42. The molecule has 2 N–H and O–H groups in total. The zero-order valence-corrected chi connectivity index (χ0v) is 9.65. The number of aryl methyl sites for hydroxylation is 1. The number of nitrogens with zero attached hydrogens (tertiary/aromatic N) is 4. The predicted octanol–water partition coefficient (Wildman–Crippen LogP) is 1.99. The van der Waals surface area contributed by atoms with E-state index in [2.05, 4.69) is 22.4 Å². The highest BCUT2D eigenvalue weighted by Gasteiger charge is 2.09. The van der Waals surface area contributed by atoms with Gasteiger partial charge >= 0.3 is 0 Å². The topological polar surface area (TPSA) is 69.6 Å². The molecular weight excluding hydrogens is 226 g/mol. The van der Waals surface area contributed by atoms with Crippen LogP contribution in [0.5, 0.6) is 0 Å². The highest BCUT2D eigenvalue weighted by atomic mass is 35.5. The Kier molecular flexibility index (Phi) is 3.05. The monoisotopic (exact) mass is 237 g/mol. The van der Waals surface area contributed by atoms with Crippen molar-refractivity contribution < 1.29 is 0 Å². The van der Waals surface area contributed by atoms with E-state index in [0.29, 0.717) is 16.5 Å². The van der Waals surface area contributed by atoms with E-state index in [1.807, 2.05) is 6.07 Å². The smallest absolute Gasteiger partial charge is 0.182 e. The molecule has 2 rings (SSSR count). The van der Waals surface area contributed by atoms with Crippen molar-refractivity contribution in [3.05, 3.63) is 23.2 Å². The van der Waals surface area contributed by atoms with E-state index < -0.39 is 0 Å². The number of hydrogen-bond donors (Lipinski definition) is 1. The third-order valence-corrected chi connectivity index (χ3v) is 2.55. The minimum Gasteiger partial charge on any atom is -0.398 e.